The number of carbonyl (C=O) groups is 2. The molecule has 2 rings (SSSR count). The Labute approximate surface area is 117 Å². The van der Waals surface area contributed by atoms with Gasteiger partial charge in [0, 0.05) is 18.8 Å². The van der Waals surface area contributed by atoms with Crippen molar-refractivity contribution in [1.29, 1.82) is 0 Å². The molecule has 0 saturated carbocycles. The number of amides is 2. The van der Waals surface area contributed by atoms with Gasteiger partial charge >= 0.3 is 12.0 Å². The molecule has 2 N–H and O–H groups in total. The van der Waals surface area contributed by atoms with Crippen LogP contribution in [-0.2, 0) is 4.79 Å². The Hall–Kier alpha value is -1.63. The first-order valence-corrected chi connectivity index (χ1v) is 6.42. The summed E-state index contributed by atoms with van der Waals surface area (Å²) in [5.74, 6) is -1.88. The fourth-order valence-corrected chi connectivity index (χ4v) is 2.23. The smallest absolute Gasteiger partial charge is 0.321 e. The number of nitrogens with one attached hydrogen (secondary N) is 1. The van der Waals surface area contributed by atoms with E-state index >= 15 is 0 Å². The van der Waals surface area contributed by atoms with Crippen LogP contribution in [0.25, 0.3) is 0 Å². The van der Waals surface area contributed by atoms with E-state index in [-0.39, 0.29) is 13.1 Å². The fourth-order valence-electron chi connectivity index (χ4n) is 1.78. The molecule has 0 radical (unpaired) electrons. The Bertz CT molecular complexity index is 544. The number of hydrogen-bond donors (Lipinski definition) is 2. The fraction of sp³-hybridized carbons (Fsp3) is 0.333. The molecule has 0 aliphatic carbocycles. The zero-order chi connectivity index (χ0) is 14.2. The van der Waals surface area contributed by atoms with E-state index < -0.39 is 23.7 Å². The van der Waals surface area contributed by atoms with Crippen molar-refractivity contribution in [2.75, 3.05) is 18.4 Å². The van der Waals surface area contributed by atoms with E-state index in [1.165, 1.54) is 11.0 Å². The van der Waals surface area contributed by atoms with E-state index in [9.17, 15) is 14.0 Å². The van der Waals surface area contributed by atoms with Crippen molar-refractivity contribution in [2.24, 2.45) is 5.92 Å². The molecule has 2 amide bonds. The maximum absolute atomic E-state index is 13.4. The van der Waals surface area contributed by atoms with Crippen molar-refractivity contribution in [3.63, 3.8) is 0 Å². The summed E-state index contributed by atoms with van der Waals surface area (Å²) in [5, 5.41) is 11.3. The molecule has 7 heteroatoms. The first kappa shape index (κ1) is 13.8. The van der Waals surface area contributed by atoms with E-state index in [2.05, 4.69) is 21.2 Å². The van der Waals surface area contributed by atoms with Crippen molar-refractivity contribution in [1.82, 2.24) is 4.90 Å². The lowest BCUT2D eigenvalue weighted by molar-refractivity contribution is -0.145. The number of aliphatic carboxylic acids is 1. The third-order valence-electron chi connectivity index (χ3n) is 3.03. The molecule has 0 unspecified atom stereocenters. The van der Waals surface area contributed by atoms with Gasteiger partial charge in [-0.1, -0.05) is 0 Å². The molecule has 0 aromatic heterocycles. The summed E-state index contributed by atoms with van der Waals surface area (Å²) in [6.07, 6.45) is 0. The zero-order valence-corrected chi connectivity index (χ0v) is 11.7. The van der Waals surface area contributed by atoms with Gasteiger partial charge in [-0.05, 0) is 40.5 Å². The summed E-state index contributed by atoms with van der Waals surface area (Å²) in [4.78, 5) is 23.8. The maximum atomic E-state index is 13.4. The van der Waals surface area contributed by atoms with E-state index in [1.54, 1.807) is 13.0 Å². The lowest BCUT2D eigenvalue weighted by Crippen LogP contribution is -2.54. The minimum Gasteiger partial charge on any atom is -0.481 e. The average molecular weight is 331 g/mol. The topological polar surface area (TPSA) is 69.6 Å². The third kappa shape index (κ3) is 2.86. The number of urea groups is 1. The second-order valence-electron chi connectivity index (χ2n) is 4.45. The summed E-state index contributed by atoms with van der Waals surface area (Å²) in [5.41, 5.74) is 1.10. The number of carboxylic acids is 1. The van der Waals surface area contributed by atoms with Crippen LogP contribution in [0, 0.1) is 18.7 Å². The van der Waals surface area contributed by atoms with Crippen LogP contribution in [0.4, 0.5) is 14.9 Å². The second-order valence-corrected chi connectivity index (χ2v) is 5.31. The third-order valence-corrected chi connectivity index (χ3v) is 3.63. The highest BCUT2D eigenvalue weighted by Crippen LogP contribution is 2.25. The number of rotatable bonds is 2. The number of likely N-dealkylation sites (tertiary alicyclic amines) is 1. The molecule has 5 nitrogen and oxygen atoms in total. The van der Waals surface area contributed by atoms with Crippen molar-refractivity contribution >= 4 is 33.6 Å². The molecule has 0 bridgehead atoms. The van der Waals surface area contributed by atoms with Gasteiger partial charge in [-0.3, -0.25) is 4.79 Å². The number of halogens is 2. The number of hydrogen-bond acceptors (Lipinski definition) is 2. The minimum atomic E-state index is -0.907. The Morgan fingerprint density at radius 2 is 2.11 bits per heavy atom. The molecule has 19 heavy (non-hydrogen) atoms. The maximum Gasteiger partial charge on any atom is 0.321 e. The summed E-state index contributed by atoms with van der Waals surface area (Å²) in [7, 11) is 0. The summed E-state index contributed by atoms with van der Waals surface area (Å²) in [6.45, 7) is 2.11. The van der Waals surface area contributed by atoms with Crippen molar-refractivity contribution in [2.45, 2.75) is 6.92 Å². The summed E-state index contributed by atoms with van der Waals surface area (Å²) >= 11 is 3.06. The number of anilines is 1. The SMILES string of the molecule is Cc1cc(Br)c(F)cc1NC(=O)N1CC(C(=O)O)C1. The molecule has 1 aromatic rings. The van der Waals surface area contributed by atoms with E-state index in [0.29, 0.717) is 10.2 Å². The van der Waals surface area contributed by atoms with Crippen molar-refractivity contribution in [3.8, 4) is 0 Å². The molecule has 1 aliphatic rings. The highest BCUT2D eigenvalue weighted by molar-refractivity contribution is 9.10. The molecular formula is C12H12BrFN2O3. The molecule has 1 heterocycles. The van der Waals surface area contributed by atoms with Gasteiger partial charge in [0.25, 0.3) is 0 Å². The number of aryl methyl sites for hydroxylation is 1. The predicted molar refractivity (Wildman–Crippen MR) is 70.6 cm³/mol. The quantitative estimate of drug-likeness (QED) is 0.875. The van der Waals surface area contributed by atoms with Gasteiger partial charge in [0.15, 0.2) is 0 Å². The van der Waals surface area contributed by atoms with Gasteiger partial charge in [0.1, 0.15) is 5.82 Å². The summed E-state index contributed by atoms with van der Waals surface area (Å²) in [6, 6.07) is 2.38. The van der Waals surface area contributed by atoms with E-state index in [1.807, 2.05) is 0 Å². The lowest BCUT2D eigenvalue weighted by atomic mass is 10.0. The molecule has 1 aromatic carbocycles. The van der Waals surface area contributed by atoms with E-state index in [0.717, 1.165) is 5.56 Å². The standard InChI is InChI=1S/C12H12BrFN2O3/c1-6-2-8(13)9(14)3-10(6)15-12(19)16-4-7(5-16)11(17)18/h2-3,7H,4-5H2,1H3,(H,15,19)(H,17,18). The van der Waals surface area contributed by atoms with Gasteiger partial charge in [0.05, 0.1) is 10.4 Å². The lowest BCUT2D eigenvalue weighted by Gasteiger charge is -2.36. The van der Waals surface area contributed by atoms with Crippen LogP contribution in [0.3, 0.4) is 0 Å². The molecule has 102 valence electrons. The molecule has 1 fully saturated rings. The van der Waals surface area contributed by atoms with Crippen LogP contribution in [0.15, 0.2) is 16.6 Å². The van der Waals surface area contributed by atoms with Gasteiger partial charge in [-0.15, -0.1) is 0 Å². The second kappa shape index (κ2) is 5.16. The highest BCUT2D eigenvalue weighted by Gasteiger charge is 2.35. The zero-order valence-electron chi connectivity index (χ0n) is 10.1. The normalized spacial score (nSPS) is 15.0. The van der Waals surface area contributed by atoms with Crippen molar-refractivity contribution < 1.29 is 19.1 Å². The molecule has 0 spiro atoms. The minimum absolute atomic E-state index is 0.180. The monoisotopic (exact) mass is 330 g/mol. The van der Waals surface area contributed by atoms with Crippen LogP contribution in [-0.4, -0.2) is 35.1 Å². The molecule has 0 atom stereocenters. The number of carbonyl (C=O) groups excluding carboxylic acids is 1. The predicted octanol–water partition coefficient (Wildman–Crippen LogP) is 2.44. The van der Waals surface area contributed by atoms with Gasteiger partial charge in [-0.2, -0.15) is 0 Å². The Morgan fingerprint density at radius 3 is 2.68 bits per heavy atom. The van der Waals surface area contributed by atoms with E-state index in [4.69, 9.17) is 5.11 Å². The first-order valence-electron chi connectivity index (χ1n) is 5.63. The van der Waals surface area contributed by atoms with Crippen molar-refractivity contribution in [3.05, 3.63) is 28.0 Å². The van der Waals surface area contributed by atoms with Crippen LogP contribution in [0.1, 0.15) is 5.56 Å². The Kier molecular flexibility index (Phi) is 3.75. The Morgan fingerprint density at radius 1 is 1.47 bits per heavy atom. The molecule has 1 saturated heterocycles. The summed E-state index contributed by atoms with van der Waals surface area (Å²) < 4.78 is 13.7. The average Bonchev–Trinajstić information content (AvgIpc) is 2.23. The molecule has 1 aliphatic heterocycles. The number of nitrogens with zero attached hydrogens (tertiary/aromatic N) is 1. The van der Waals surface area contributed by atoms with Gasteiger partial charge in [-0.25, -0.2) is 9.18 Å². The molecular weight excluding hydrogens is 319 g/mol. The Balaban J connectivity index is 2.01. The van der Waals surface area contributed by atoms with Gasteiger partial charge in [0.2, 0.25) is 0 Å². The number of benzene rings is 1. The number of carboxylic acid groups (broad SMARTS) is 1. The van der Waals surface area contributed by atoms with Gasteiger partial charge < -0.3 is 15.3 Å². The largest absolute Gasteiger partial charge is 0.481 e. The highest BCUT2D eigenvalue weighted by atomic mass is 79.9. The van der Waals surface area contributed by atoms with Crippen LogP contribution < -0.4 is 5.32 Å². The first-order chi connectivity index (χ1) is 8.88. The van der Waals surface area contributed by atoms with Crippen LogP contribution in [0.2, 0.25) is 0 Å². The van der Waals surface area contributed by atoms with Crippen LogP contribution in [0.5, 0.6) is 0 Å². The van der Waals surface area contributed by atoms with Crippen LogP contribution >= 0.6 is 15.9 Å².